The standard InChI is InChI=1S/C15H18Cl2N2O2S2.ClH/c1-18(2)8-9-19(11-12-6-4-3-5-7-12)23(20,21)13-10-14(16)22-15(13)17;/h3-7,10H,8-9,11H2,1-2H3;1H. The largest absolute Gasteiger partial charge is 0.308 e. The van der Waals surface area contributed by atoms with Crippen LogP contribution < -0.4 is 0 Å². The number of thiophene rings is 1. The van der Waals surface area contributed by atoms with E-state index in [0.29, 0.717) is 24.0 Å². The molecule has 0 N–H and O–H groups in total. The number of sulfonamides is 1. The van der Waals surface area contributed by atoms with Crippen molar-refractivity contribution in [1.82, 2.24) is 9.21 Å². The maximum atomic E-state index is 13.0. The molecule has 0 unspecified atom stereocenters. The predicted octanol–water partition coefficient (Wildman–Crippen LogP) is 4.23. The Labute approximate surface area is 163 Å². The van der Waals surface area contributed by atoms with Crippen LogP contribution in [0.5, 0.6) is 0 Å². The van der Waals surface area contributed by atoms with Crippen LogP contribution in [0, 0.1) is 0 Å². The summed E-state index contributed by atoms with van der Waals surface area (Å²) in [6.07, 6.45) is 0. The van der Waals surface area contributed by atoms with Crippen LogP contribution in [0.25, 0.3) is 0 Å². The van der Waals surface area contributed by atoms with Crippen molar-refractivity contribution in [3.8, 4) is 0 Å². The van der Waals surface area contributed by atoms with E-state index in [0.717, 1.165) is 16.9 Å². The van der Waals surface area contributed by atoms with E-state index < -0.39 is 10.0 Å². The summed E-state index contributed by atoms with van der Waals surface area (Å²) in [6, 6.07) is 10.9. The Kier molecular flexibility index (Phi) is 8.48. The maximum absolute atomic E-state index is 13.0. The molecule has 1 aromatic heterocycles. The lowest BCUT2D eigenvalue weighted by Crippen LogP contribution is -2.36. The normalized spacial score (nSPS) is 11.8. The Morgan fingerprint density at radius 2 is 1.71 bits per heavy atom. The molecule has 0 aliphatic carbocycles. The molecule has 24 heavy (non-hydrogen) atoms. The van der Waals surface area contributed by atoms with E-state index in [-0.39, 0.29) is 21.6 Å². The predicted molar refractivity (Wildman–Crippen MR) is 104 cm³/mol. The van der Waals surface area contributed by atoms with Gasteiger partial charge in [-0.1, -0.05) is 53.5 Å². The summed E-state index contributed by atoms with van der Waals surface area (Å²) in [5.41, 5.74) is 0.923. The van der Waals surface area contributed by atoms with Gasteiger partial charge in [0.2, 0.25) is 10.0 Å². The van der Waals surface area contributed by atoms with Gasteiger partial charge in [-0.15, -0.1) is 23.7 Å². The number of rotatable bonds is 7. The quantitative estimate of drug-likeness (QED) is 0.661. The molecule has 1 aromatic carbocycles. The van der Waals surface area contributed by atoms with Crippen LogP contribution in [0.15, 0.2) is 41.3 Å². The highest BCUT2D eigenvalue weighted by atomic mass is 35.5. The maximum Gasteiger partial charge on any atom is 0.245 e. The Hall–Kier alpha value is -0.340. The first-order chi connectivity index (χ1) is 10.8. The molecule has 0 fully saturated rings. The molecular formula is C15H19Cl3N2O2S2. The number of likely N-dealkylation sites (N-methyl/N-ethyl adjacent to an activating group) is 1. The summed E-state index contributed by atoms with van der Waals surface area (Å²) in [5, 5.41) is 0. The van der Waals surface area contributed by atoms with E-state index >= 15 is 0 Å². The molecule has 0 spiro atoms. The van der Waals surface area contributed by atoms with Crippen LogP contribution in [0.3, 0.4) is 0 Å². The molecule has 9 heteroatoms. The van der Waals surface area contributed by atoms with Gasteiger partial charge < -0.3 is 4.90 Å². The smallest absolute Gasteiger partial charge is 0.245 e. The average molecular weight is 430 g/mol. The number of halogens is 3. The zero-order chi connectivity index (χ0) is 17.0. The van der Waals surface area contributed by atoms with Gasteiger partial charge >= 0.3 is 0 Å². The molecule has 134 valence electrons. The highest BCUT2D eigenvalue weighted by Crippen LogP contribution is 2.36. The van der Waals surface area contributed by atoms with Gasteiger partial charge in [0, 0.05) is 19.6 Å². The van der Waals surface area contributed by atoms with Gasteiger partial charge in [0.05, 0.1) is 4.34 Å². The Bertz CT molecular complexity index is 749. The molecule has 0 aliphatic rings. The van der Waals surface area contributed by atoms with Gasteiger partial charge in [-0.2, -0.15) is 4.31 Å². The molecule has 0 amide bonds. The third-order valence-electron chi connectivity index (χ3n) is 3.24. The highest BCUT2D eigenvalue weighted by Gasteiger charge is 2.28. The number of hydrogen-bond acceptors (Lipinski definition) is 4. The van der Waals surface area contributed by atoms with Gasteiger partial charge in [-0.25, -0.2) is 8.42 Å². The van der Waals surface area contributed by atoms with Gasteiger partial charge in [0.1, 0.15) is 9.23 Å². The monoisotopic (exact) mass is 428 g/mol. The first-order valence-corrected chi connectivity index (χ1v) is 9.95. The van der Waals surface area contributed by atoms with Gasteiger partial charge in [0.15, 0.2) is 0 Å². The van der Waals surface area contributed by atoms with E-state index in [1.54, 1.807) is 0 Å². The van der Waals surface area contributed by atoms with Crippen molar-refractivity contribution in [2.24, 2.45) is 0 Å². The van der Waals surface area contributed by atoms with E-state index in [1.807, 2.05) is 49.3 Å². The van der Waals surface area contributed by atoms with E-state index in [1.165, 1.54) is 10.4 Å². The van der Waals surface area contributed by atoms with E-state index in [4.69, 9.17) is 23.2 Å². The summed E-state index contributed by atoms with van der Waals surface area (Å²) in [7, 11) is 0.105. The van der Waals surface area contributed by atoms with Crippen molar-refractivity contribution >= 4 is 57.0 Å². The summed E-state index contributed by atoms with van der Waals surface area (Å²) in [6.45, 7) is 1.27. The first kappa shape index (κ1) is 21.7. The van der Waals surface area contributed by atoms with Crippen molar-refractivity contribution in [3.63, 3.8) is 0 Å². The van der Waals surface area contributed by atoms with Crippen molar-refractivity contribution in [2.75, 3.05) is 27.2 Å². The topological polar surface area (TPSA) is 40.6 Å². The summed E-state index contributed by atoms with van der Waals surface area (Å²) < 4.78 is 27.9. The fourth-order valence-corrected chi connectivity index (χ4v) is 5.55. The van der Waals surface area contributed by atoms with Crippen molar-refractivity contribution in [3.05, 3.63) is 50.6 Å². The summed E-state index contributed by atoms with van der Waals surface area (Å²) in [5.74, 6) is 0. The molecule has 4 nitrogen and oxygen atoms in total. The van der Waals surface area contributed by atoms with Crippen LogP contribution in [-0.4, -0.2) is 44.8 Å². The second-order valence-electron chi connectivity index (χ2n) is 5.32. The number of benzene rings is 1. The van der Waals surface area contributed by atoms with Crippen molar-refractivity contribution < 1.29 is 8.42 Å². The van der Waals surface area contributed by atoms with Crippen LogP contribution >= 0.6 is 46.9 Å². The molecule has 0 radical (unpaired) electrons. The third-order valence-corrected chi connectivity index (χ3v) is 6.84. The van der Waals surface area contributed by atoms with E-state index in [9.17, 15) is 8.42 Å². The Balaban J connectivity index is 0.00000288. The van der Waals surface area contributed by atoms with Gasteiger partial charge in [-0.05, 0) is 25.7 Å². The number of nitrogens with zero attached hydrogens (tertiary/aromatic N) is 2. The van der Waals surface area contributed by atoms with Gasteiger partial charge in [0.25, 0.3) is 0 Å². The summed E-state index contributed by atoms with van der Waals surface area (Å²) >= 11 is 13.0. The van der Waals surface area contributed by atoms with Gasteiger partial charge in [-0.3, -0.25) is 0 Å². The molecule has 2 rings (SSSR count). The lowest BCUT2D eigenvalue weighted by molar-refractivity contribution is 0.329. The minimum Gasteiger partial charge on any atom is -0.308 e. The molecular weight excluding hydrogens is 411 g/mol. The molecule has 1 heterocycles. The molecule has 0 saturated heterocycles. The van der Waals surface area contributed by atoms with Crippen molar-refractivity contribution in [2.45, 2.75) is 11.4 Å². The Morgan fingerprint density at radius 1 is 1.08 bits per heavy atom. The lowest BCUT2D eigenvalue weighted by atomic mass is 10.2. The minimum absolute atomic E-state index is 0. The Morgan fingerprint density at radius 3 is 2.21 bits per heavy atom. The zero-order valence-corrected chi connectivity index (χ0v) is 17.2. The summed E-state index contributed by atoms with van der Waals surface area (Å²) in [4.78, 5) is 2.01. The highest BCUT2D eigenvalue weighted by molar-refractivity contribution is 7.89. The molecule has 0 saturated carbocycles. The van der Waals surface area contributed by atoms with Crippen LogP contribution in [0.4, 0.5) is 0 Å². The molecule has 0 bridgehead atoms. The lowest BCUT2D eigenvalue weighted by Gasteiger charge is -2.23. The fourth-order valence-electron chi connectivity index (χ4n) is 2.02. The van der Waals surface area contributed by atoms with Crippen LogP contribution in [0.1, 0.15) is 5.56 Å². The van der Waals surface area contributed by atoms with Crippen molar-refractivity contribution in [1.29, 1.82) is 0 Å². The second kappa shape index (κ2) is 9.38. The SMILES string of the molecule is CN(C)CCN(Cc1ccccc1)S(=O)(=O)c1cc(Cl)sc1Cl.Cl. The van der Waals surface area contributed by atoms with E-state index in [2.05, 4.69) is 0 Å². The minimum atomic E-state index is -3.70. The molecule has 2 aromatic rings. The average Bonchev–Trinajstić information content (AvgIpc) is 2.83. The van der Waals surface area contributed by atoms with Crippen LogP contribution in [-0.2, 0) is 16.6 Å². The first-order valence-electron chi connectivity index (χ1n) is 6.94. The second-order valence-corrected chi connectivity index (χ2v) is 9.51. The zero-order valence-electron chi connectivity index (χ0n) is 13.3. The molecule has 0 atom stereocenters. The molecule has 0 aliphatic heterocycles. The number of hydrogen-bond donors (Lipinski definition) is 0. The fraction of sp³-hybridized carbons (Fsp3) is 0.333. The van der Waals surface area contributed by atoms with Crippen LogP contribution in [0.2, 0.25) is 8.67 Å². The third kappa shape index (κ3) is 5.59.